The summed E-state index contributed by atoms with van der Waals surface area (Å²) in [7, 11) is 1.63. The maximum absolute atomic E-state index is 12.5. The second-order valence-electron chi connectivity index (χ2n) is 6.92. The van der Waals surface area contributed by atoms with Crippen molar-refractivity contribution in [2.75, 3.05) is 13.7 Å². The fourth-order valence-corrected chi connectivity index (χ4v) is 3.57. The van der Waals surface area contributed by atoms with E-state index in [1.54, 1.807) is 19.2 Å². The Kier molecular flexibility index (Phi) is 5.55. The van der Waals surface area contributed by atoms with Crippen molar-refractivity contribution < 1.29 is 9.53 Å². The molecule has 0 saturated carbocycles. The van der Waals surface area contributed by atoms with Gasteiger partial charge in [-0.1, -0.05) is 30.3 Å². The molecule has 2 heterocycles. The summed E-state index contributed by atoms with van der Waals surface area (Å²) < 4.78 is 6.92. The highest BCUT2D eigenvalue weighted by molar-refractivity contribution is 5.82. The van der Waals surface area contributed by atoms with Gasteiger partial charge in [0.1, 0.15) is 11.8 Å². The van der Waals surface area contributed by atoms with Gasteiger partial charge >= 0.3 is 0 Å². The molecule has 1 saturated heterocycles. The molecule has 3 aromatic rings. The third kappa shape index (κ3) is 3.98. The summed E-state index contributed by atoms with van der Waals surface area (Å²) in [6.45, 7) is 0.703. The van der Waals surface area contributed by atoms with Crippen molar-refractivity contribution in [2.45, 2.75) is 25.0 Å². The number of benzene rings is 2. The molecule has 150 valence electrons. The van der Waals surface area contributed by atoms with Crippen LogP contribution in [0.3, 0.4) is 0 Å². The van der Waals surface area contributed by atoms with Gasteiger partial charge in [0.05, 0.1) is 30.4 Å². The molecule has 4 rings (SSSR count). The van der Waals surface area contributed by atoms with Crippen LogP contribution in [0.25, 0.3) is 10.9 Å². The van der Waals surface area contributed by atoms with E-state index in [9.17, 15) is 9.59 Å². The smallest absolute Gasteiger partial charge is 0.261 e. The number of ether oxygens (including phenoxy) is 1. The molecule has 1 amide bonds. The molecule has 2 unspecified atom stereocenters. The highest BCUT2D eigenvalue weighted by Gasteiger charge is 2.31. The van der Waals surface area contributed by atoms with Crippen LogP contribution in [0.15, 0.2) is 59.7 Å². The van der Waals surface area contributed by atoms with Crippen molar-refractivity contribution in [3.63, 3.8) is 0 Å². The molecule has 0 aliphatic carbocycles. The predicted molar refractivity (Wildman–Crippen MR) is 109 cm³/mol. The van der Waals surface area contributed by atoms with Gasteiger partial charge in [0, 0.05) is 18.7 Å². The molecule has 1 aliphatic heterocycles. The normalized spacial score (nSPS) is 18.7. The highest BCUT2D eigenvalue weighted by Crippen LogP contribution is 2.29. The van der Waals surface area contributed by atoms with Gasteiger partial charge in [0.15, 0.2) is 0 Å². The number of nitrogens with one attached hydrogen (secondary N) is 3. The number of aromatic nitrogens is 2. The standard InChI is InChI=1S/C21H23N5O3/c1-29-19-9-5-3-6-14(19)17-12-18(25-24-17)20(27)22-10-11-26-13-23-16-8-4-2-7-15(16)21(26)28/h2-9,13,17-18,24-25H,10-12H2,1H3,(H,22,27). The fraction of sp³-hybridized carbons (Fsp3) is 0.286. The maximum atomic E-state index is 12.5. The van der Waals surface area contributed by atoms with Crippen molar-refractivity contribution in [1.29, 1.82) is 0 Å². The number of carbonyl (C=O) groups excluding carboxylic acids is 1. The summed E-state index contributed by atoms with van der Waals surface area (Å²) in [4.78, 5) is 29.3. The zero-order chi connectivity index (χ0) is 20.2. The Bertz CT molecular complexity index is 1080. The minimum Gasteiger partial charge on any atom is -0.496 e. The molecule has 1 aromatic heterocycles. The molecule has 0 bridgehead atoms. The summed E-state index contributed by atoms with van der Waals surface area (Å²) in [5.41, 5.74) is 7.77. The second-order valence-corrected chi connectivity index (χ2v) is 6.92. The lowest BCUT2D eigenvalue weighted by Gasteiger charge is -2.14. The lowest BCUT2D eigenvalue weighted by molar-refractivity contribution is -0.122. The molecule has 29 heavy (non-hydrogen) atoms. The Hall–Kier alpha value is -3.23. The maximum Gasteiger partial charge on any atom is 0.261 e. The van der Waals surface area contributed by atoms with E-state index in [2.05, 4.69) is 21.2 Å². The van der Waals surface area contributed by atoms with E-state index in [0.29, 0.717) is 30.4 Å². The van der Waals surface area contributed by atoms with Crippen LogP contribution < -0.4 is 26.5 Å². The highest BCUT2D eigenvalue weighted by atomic mass is 16.5. The molecule has 2 atom stereocenters. The third-order valence-corrected chi connectivity index (χ3v) is 5.12. The molecular weight excluding hydrogens is 370 g/mol. The van der Waals surface area contributed by atoms with Crippen LogP contribution in [0.4, 0.5) is 0 Å². The van der Waals surface area contributed by atoms with Gasteiger partial charge in [0.25, 0.3) is 5.56 Å². The SMILES string of the molecule is COc1ccccc1C1CC(C(=O)NCCn2cnc3ccccc3c2=O)NN1. The zero-order valence-electron chi connectivity index (χ0n) is 16.1. The van der Waals surface area contributed by atoms with Crippen molar-refractivity contribution in [3.05, 3.63) is 70.8 Å². The molecule has 0 spiro atoms. The number of fused-ring (bicyclic) bond motifs is 1. The van der Waals surface area contributed by atoms with E-state index in [-0.39, 0.29) is 23.6 Å². The molecule has 1 fully saturated rings. The number of para-hydroxylation sites is 2. The number of amides is 1. The summed E-state index contributed by atoms with van der Waals surface area (Å²) in [5, 5.41) is 3.46. The lowest BCUT2D eigenvalue weighted by atomic mass is 10.0. The van der Waals surface area contributed by atoms with Crippen LogP contribution in [0.5, 0.6) is 5.75 Å². The first-order valence-electron chi connectivity index (χ1n) is 9.53. The number of rotatable bonds is 6. The third-order valence-electron chi connectivity index (χ3n) is 5.12. The minimum absolute atomic E-state index is 0.0193. The van der Waals surface area contributed by atoms with Crippen LogP contribution in [0.2, 0.25) is 0 Å². The molecule has 8 nitrogen and oxygen atoms in total. The number of hydrogen-bond donors (Lipinski definition) is 3. The van der Waals surface area contributed by atoms with E-state index >= 15 is 0 Å². The van der Waals surface area contributed by atoms with Gasteiger partial charge in [-0.2, -0.15) is 0 Å². The van der Waals surface area contributed by atoms with E-state index in [1.807, 2.05) is 36.4 Å². The van der Waals surface area contributed by atoms with Crippen LogP contribution in [0.1, 0.15) is 18.0 Å². The second kappa shape index (κ2) is 8.42. The Morgan fingerprint density at radius 2 is 2.00 bits per heavy atom. The van der Waals surface area contributed by atoms with Gasteiger partial charge in [-0.05, 0) is 24.6 Å². The van der Waals surface area contributed by atoms with Crippen molar-refractivity contribution in [1.82, 2.24) is 25.7 Å². The van der Waals surface area contributed by atoms with Crippen LogP contribution in [-0.4, -0.2) is 35.2 Å². The molecular formula is C21H23N5O3. The van der Waals surface area contributed by atoms with Gasteiger partial charge in [-0.3, -0.25) is 14.2 Å². The summed E-state index contributed by atoms with van der Waals surface area (Å²) in [6, 6.07) is 14.6. The molecule has 1 aliphatic rings. The van der Waals surface area contributed by atoms with E-state index in [4.69, 9.17) is 4.74 Å². The number of hydrogen-bond acceptors (Lipinski definition) is 6. The molecule has 8 heteroatoms. The topological polar surface area (TPSA) is 97.3 Å². The van der Waals surface area contributed by atoms with Crippen LogP contribution in [-0.2, 0) is 11.3 Å². The fourth-order valence-electron chi connectivity index (χ4n) is 3.57. The number of methoxy groups -OCH3 is 1. The summed E-state index contributed by atoms with van der Waals surface area (Å²) in [6.07, 6.45) is 2.12. The van der Waals surface area contributed by atoms with E-state index in [1.165, 1.54) is 10.9 Å². The number of hydrazine groups is 1. The van der Waals surface area contributed by atoms with Gasteiger partial charge < -0.3 is 10.1 Å². The zero-order valence-corrected chi connectivity index (χ0v) is 16.1. The van der Waals surface area contributed by atoms with Gasteiger partial charge in [-0.15, -0.1) is 0 Å². The van der Waals surface area contributed by atoms with Crippen LogP contribution in [0, 0.1) is 0 Å². The van der Waals surface area contributed by atoms with E-state index < -0.39 is 0 Å². The number of carbonyl (C=O) groups is 1. The average molecular weight is 393 g/mol. The van der Waals surface area contributed by atoms with Crippen molar-refractivity contribution >= 4 is 16.8 Å². The van der Waals surface area contributed by atoms with Gasteiger partial charge in [-0.25, -0.2) is 15.8 Å². The first-order valence-corrected chi connectivity index (χ1v) is 9.53. The first kappa shape index (κ1) is 19.1. The quantitative estimate of drug-likeness (QED) is 0.581. The van der Waals surface area contributed by atoms with E-state index in [0.717, 1.165) is 11.3 Å². The largest absolute Gasteiger partial charge is 0.496 e. The molecule has 2 aromatic carbocycles. The Morgan fingerprint density at radius 3 is 2.86 bits per heavy atom. The molecule has 3 N–H and O–H groups in total. The summed E-state index contributed by atoms with van der Waals surface area (Å²) in [5.74, 6) is 0.674. The monoisotopic (exact) mass is 393 g/mol. The Labute approximate surface area is 167 Å². The van der Waals surface area contributed by atoms with Gasteiger partial charge in [0.2, 0.25) is 5.91 Å². The van der Waals surface area contributed by atoms with Crippen molar-refractivity contribution in [3.8, 4) is 5.75 Å². The number of nitrogens with zero attached hydrogens (tertiary/aromatic N) is 2. The predicted octanol–water partition coefficient (Wildman–Crippen LogP) is 1.13. The molecule has 0 radical (unpaired) electrons. The Morgan fingerprint density at radius 1 is 1.21 bits per heavy atom. The minimum atomic E-state index is -0.364. The van der Waals surface area contributed by atoms with Crippen molar-refractivity contribution in [2.24, 2.45) is 0 Å². The van der Waals surface area contributed by atoms with Crippen LogP contribution >= 0.6 is 0 Å². The summed E-state index contributed by atoms with van der Waals surface area (Å²) >= 11 is 0. The first-order chi connectivity index (χ1) is 14.2. The lowest BCUT2D eigenvalue weighted by Crippen LogP contribution is -2.44. The Balaban J connectivity index is 1.34. The average Bonchev–Trinajstić information content (AvgIpc) is 3.25.